The summed E-state index contributed by atoms with van der Waals surface area (Å²) in [6.07, 6.45) is -4.58. The maximum Gasteiger partial charge on any atom is 0.452 e. The number of amides is 1. The third-order valence-corrected chi connectivity index (χ3v) is 2.66. The van der Waals surface area contributed by atoms with Crippen molar-refractivity contribution in [2.24, 2.45) is 0 Å². The SMILES string of the molecule is COCCNC(=O)C(C)Nc1nc(C(F)(F)F)ns1. The molecule has 1 rings (SSSR count). The average Bonchev–Trinajstić information content (AvgIpc) is 2.77. The van der Waals surface area contributed by atoms with Gasteiger partial charge in [0.2, 0.25) is 16.9 Å². The Morgan fingerprint density at radius 3 is 2.74 bits per heavy atom. The summed E-state index contributed by atoms with van der Waals surface area (Å²) in [5, 5.41) is 5.05. The van der Waals surface area contributed by atoms with Crippen LogP contribution in [-0.2, 0) is 15.7 Å². The minimum Gasteiger partial charge on any atom is -0.383 e. The van der Waals surface area contributed by atoms with Gasteiger partial charge in [-0.2, -0.15) is 22.5 Å². The summed E-state index contributed by atoms with van der Waals surface area (Å²) in [5.41, 5.74) is 0. The van der Waals surface area contributed by atoms with Crippen molar-refractivity contribution in [3.05, 3.63) is 5.82 Å². The fourth-order valence-corrected chi connectivity index (χ4v) is 1.75. The fraction of sp³-hybridized carbons (Fsp3) is 0.667. The van der Waals surface area contributed by atoms with E-state index in [1.807, 2.05) is 0 Å². The smallest absolute Gasteiger partial charge is 0.383 e. The van der Waals surface area contributed by atoms with Gasteiger partial charge in [0, 0.05) is 25.2 Å². The number of hydrogen-bond acceptors (Lipinski definition) is 6. The van der Waals surface area contributed by atoms with Crippen LogP contribution in [0.25, 0.3) is 0 Å². The van der Waals surface area contributed by atoms with E-state index in [4.69, 9.17) is 4.74 Å². The van der Waals surface area contributed by atoms with Crippen molar-refractivity contribution in [1.29, 1.82) is 0 Å². The molecule has 2 N–H and O–H groups in total. The zero-order valence-electron chi connectivity index (χ0n) is 10.2. The van der Waals surface area contributed by atoms with Crippen molar-refractivity contribution in [2.45, 2.75) is 19.1 Å². The molecular formula is C9H13F3N4O2S. The Morgan fingerprint density at radius 2 is 2.21 bits per heavy atom. The molecule has 1 atom stereocenters. The van der Waals surface area contributed by atoms with Gasteiger partial charge in [-0.15, -0.1) is 0 Å². The number of nitrogens with one attached hydrogen (secondary N) is 2. The number of carbonyl (C=O) groups excluding carboxylic acids is 1. The molecule has 0 aromatic carbocycles. The van der Waals surface area contributed by atoms with E-state index in [-0.39, 0.29) is 11.0 Å². The van der Waals surface area contributed by atoms with Crippen LogP contribution in [0.2, 0.25) is 0 Å². The van der Waals surface area contributed by atoms with E-state index in [1.165, 1.54) is 14.0 Å². The monoisotopic (exact) mass is 298 g/mol. The van der Waals surface area contributed by atoms with Crippen LogP contribution in [0.5, 0.6) is 0 Å². The lowest BCUT2D eigenvalue weighted by atomic mass is 10.3. The van der Waals surface area contributed by atoms with Gasteiger partial charge in [-0.05, 0) is 6.92 Å². The van der Waals surface area contributed by atoms with Gasteiger partial charge in [0.15, 0.2) is 0 Å². The van der Waals surface area contributed by atoms with E-state index in [0.717, 1.165) is 0 Å². The topological polar surface area (TPSA) is 76.1 Å². The summed E-state index contributed by atoms with van der Waals surface area (Å²) < 4.78 is 44.7. The van der Waals surface area contributed by atoms with E-state index in [9.17, 15) is 18.0 Å². The third kappa shape index (κ3) is 4.99. The average molecular weight is 298 g/mol. The minimum atomic E-state index is -4.58. The predicted octanol–water partition coefficient (Wildman–Crippen LogP) is 1.12. The van der Waals surface area contributed by atoms with Gasteiger partial charge in [-0.25, -0.2) is 0 Å². The van der Waals surface area contributed by atoms with Crippen LogP contribution >= 0.6 is 11.5 Å². The van der Waals surface area contributed by atoms with Crippen LogP contribution < -0.4 is 10.6 Å². The number of alkyl halides is 3. The summed E-state index contributed by atoms with van der Waals surface area (Å²) in [6.45, 7) is 2.19. The van der Waals surface area contributed by atoms with Crippen LogP contribution in [-0.4, -0.2) is 41.6 Å². The molecule has 0 saturated heterocycles. The van der Waals surface area contributed by atoms with Gasteiger partial charge in [0.25, 0.3) is 0 Å². The van der Waals surface area contributed by atoms with E-state index < -0.39 is 18.0 Å². The molecule has 0 aliphatic rings. The van der Waals surface area contributed by atoms with Crippen LogP contribution in [0, 0.1) is 0 Å². The highest BCUT2D eigenvalue weighted by Gasteiger charge is 2.36. The summed E-state index contributed by atoms with van der Waals surface area (Å²) in [7, 11) is 1.49. The molecule has 10 heteroatoms. The molecule has 108 valence electrons. The molecule has 0 saturated carbocycles. The fourth-order valence-electron chi connectivity index (χ4n) is 1.08. The Bertz CT molecular complexity index is 424. The zero-order chi connectivity index (χ0) is 14.5. The second-order valence-electron chi connectivity index (χ2n) is 3.57. The largest absolute Gasteiger partial charge is 0.452 e. The Balaban J connectivity index is 2.50. The molecule has 0 radical (unpaired) electrons. The van der Waals surface area contributed by atoms with E-state index >= 15 is 0 Å². The zero-order valence-corrected chi connectivity index (χ0v) is 11.1. The summed E-state index contributed by atoms with van der Waals surface area (Å²) in [6, 6.07) is -0.717. The summed E-state index contributed by atoms with van der Waals surface area (Å²) in [4.78, 5) is 14.8. The van der Waals surface area contributed by atoms with Crippen LogP contribution in [0.1, 0.15) is 12.7 Å². The maximum atomic E-state index is 12.3. The van der Waals surface area contributed by atoms with E-state index in [2.05, 4.69) is 20.0 Å². The van der Waals surface area contributed by atoms with Crippen molar-refractivity contribution >= 4 is 22.6 Å². The van der Waals surface area contributed by atoms with Crippen molar-refractivity contribution in [2.75, 3.05) is 25.6 Å². The van der Waals surface area contributed by atoms with Crippen molar-refractivity contribution in [3.63, 3.8) is 0 Å². The minimum absolute atomic E-state index is 0.0540. The number of halogens is 3. The first kappa shape index (κ1) is 15.6. The first-order chi connectivity index (χ1) is 8.84. The molecule has 1 aromatic rings. The highest BCUT2D eigenvalue weighted by molar-refractivity contribution is 7.09. The predicted molar refractivity (Wildman–Crippen MR) is 62.9 cm³/mol. The standard InChI is InChI=1S/C9H13F3N4O2S/c1-5(6(17)13-3-4-18-2)14-8-15-7(16-19-8)9(10,11)12/h5H,3-4H2,1-2H3,(H,13,17)(H,14,15,16). The number of hydrogen-bond donors (Lipinski definition) is 2. The molecule has 1 amide bonds. The Hall–Kier alpha value is -1.42. The van der Waals surface area contributed by atoms with Gasteiger partial charge in [-0.3, -0.25) is 4.79 Å². The Labute approximate surface area is 111 Å². The first-order valence-corrected chi connectivity index (χ1v) is 6.06. The van der Waals surface area contributed by atoms with Crippen molar-refractivity contribution < 1.29 is 22.7 Å². The molecule has 1 heterocycles. The highest BCUT2D eigenvalue weighted by atomic mass is 32.1. The highest BCUT2D eigenvalue weighted by Crippen LogP contribution is 2.29. The molecule has 1 aromatic heterocycles. The van der Waals surface area contributed by atoms with Crippen LogP contribution in [0.4, 0.5) is 18.3 Å². The Kier molecular flexibility index (Phi) is 5.48. The second-order valence-corrected chi connectivity index (χ2v) is 4.32. The number of aromatic nitrogens is 2. The van der Waals surface area contributed by atoms with Crippen LogP contribution in [0.15, 0.2) is 0 Å². The number of methoxy groups -OCH3 is 1. The van der Waals surface area contributed by atoms with Gasteiger partial charge in [-0.1, -0.05) is 0 Å². The molecule has 0 bridgehead atoms. The molecule has 0 fully saturated rings. The van der Waals surface area contributed by atoms with Crippen molar-refractivity contribution in [3.8, 4) is 0 Å². The maximum absolute atomic E-state index is 12.3. The number of nitrogens with zero attached hydrogens (tertiary/aromatic N) is 2. The lowest BCUT2D eigenvalue weighted by Gasteiger charge is -2.12. The molecule has 1 unspecified atom stereocenters. The van der Waals surface area contributed by atoms with Crippen molar-refractivity contribution in [1.82, 2.24) is 14.7 Å². The molecule has 0 aliphatic carbocycles. The van der Waals surface area contributed by atoms with Gasteiger partial charge >= 0.3 is 6.18 Å². The summed E-state index contributed by atoms with van der Waals surface area (Å²) in [5.74, 6) is -1.58. The molecule has 6 nitrogen and oxygen atoms in total. The number of anilines is 1. The summed E-state index contributed by atoms with van der Waals surface area (Å²) >= 11 is 0.554. The molecule has 19 heavy (non-hydrogen) atoms. The molecule has 0 aliphatic heterocycles. The first-order valence-electron chi connectivity index (χ1n) is 5.28. The second kappa shape index (κ2) is 6.66. The molecular weight excluding hydrogens is 285 g/mol. The lowest BCUT2D eigenvalue weighted by molar-refractivity contribution is -0.144. The van der Waals surface area contributed by atoms with E-state index in [0.29, 0.717) is 24.7 Å². The van der Waals surface area contributed by atoms with Gasteiger partial charge in [0.05, 0.1) is 6.61 Å². The Morgan fingerprint density at radius 1 is 1.53 bits per heavy atom. The third-order valence-electron chi connectivity index (χ3n) is 2.02. The number of carbonyl (C=O) groups is 1. The van der Waals surface area contributed by atoms with Gasteiger partial charge < -0.3 is 15.4 Å². The number of rotatable bonds is 6. The van der Waals surface area contributed by atoms with Crippen LogP contribution in [0.3, 0.4) is 0 Å². The van der Waals surface area contributed by atoms with E-state index in [1.54, 1.807) is 0 Å². The quantitative estimate of drug-likeness (QED) is 0.770. The molecule has 0 spiro atoms. The van der Waals surface area contributed by atoms with Gasteiger partial charge in [0.1, 0.15) is 6.04 Å². The lowest BCUT2D eigenvalue weighted by Crippen LogP contribution is -2.39. The normalized spacial score (nSPS) is 13.1. The number of ether oxygens (including phenoxy) is 1.